The van der Waals surface area contributed by atoms with Crippen LogP contribution >= 0.6 is 0 Å². The molecule has 0 fully saturated rings. The quantitative estimate of drug-likeness (QED) is 0.164. The highest BCUT2D eigenvalue weighted by molar-refractivity contribution is 7.00. The summed E-state index contributed by atoms with van der Waals surface area (Å²) >= 11 is 0. The maximum atomic E-state index is 2.74. The van der Waals surface area contributed by atoms with Gasteiger partial charge in [-0.15, -0.1) is 0 Å². The first-order valence-electron chi connectivity index (χ1n) is 31.9. The van der Waals surface area contributed by atoms with Crippen molar-refractivity contribution in [2.45, 2.75) is 157 Å². The third-order valence-electron chi connectivity index (χ3n) is 19.9. The molecule has 87 heavy (non-hydrogen) atoms. The van der Waals surface area contributed by atoms with Gasteiger partial charge < -0.3 is 18.9 Å². The summed E-state index contributed by atoms with van der Waals surface area (Å²) in [6.45, 7) is 42.5. The van der Waals surface area contributed by atoms with Crippen LogP contribution in [0.25, 0.3) is 76.9 Å². The molecule has 2 aromatic heterocycles. The SMILES string of the molecule is CC(C)(C)c1cc2c3c(c1)N1c4c(cc(C(C)(C)C)cc4-n4c5ccc(C(C)(C)C)cc5c5cc(C(C)(C)C)cc1c54)B3c1ccc(-n3c4ccc(C(C)(C)C)cc4c4cc(C(C)(C)C)ccc43)cc1N2c1ccc(-c2cccc3ccccc23)cc1. The number of benzene rings is 10. The van der Waals surface area contributed by atoms with E-state index in [-0.39, 0.29) is 39.2 Å². The lowest BCUT2D eigenvalue weighted by atomic mass is 9.33. The minimum absolute atomic E-state index is 0.00978. The molecule has 15 rings (SSSR count). The maximum absolute atomic E-state index is 2.74. The third kappa shape index (κ3) is 8.37. The van der Waals surface area contributed by atoms with Crippen molar-refractivity contribution < 1.29 is 0 Å². The van der Waals surface area contributed by atoms with Gasteiger partial charge in [0.1, 0.15) is 0 Å². The Balaban J connectivity index is 1.07. The van der Waals surface area contributed by atoms with E-state index >= 15 is 0 Å². The average Bonchev–Trinajstić information content (AvgIpc) is 1.66. The van der Waals surface area contributed by atoms with Crippen molar-refractivity contribution in [2.75, 3.05) is 9.80 Å². The first-order valence-corrected chi connectivity index (χ1v) is 31.9. The Labute approximate surface area is 516 Å². The maximum Gasteiger partial charge on any atom is 0.252 e. The lowest BCUT2D eigenvalue weighted by molar-refractivity contribution is 0.589. The summed E-state index contributed by atoms with van der Waals surface area (Å²) in [4.78, 5) is 5.38. The van der Waals surface area contributed by atoms with Crippen molar-refractivity contribution in [1.29, 1.82) is 0 Å². The molecule has 0 radical (unpaired) electrons. The fraction of sp³-hybridized carbons (Fsp3) is 0.293. The number of aromatic nitrogens is 2. The molecule has 0 aliphatic carbocycles. The molecule has 434 valence electrons. The largest absolute Gasteiger partial charge is 0.311 e. The Morgan fingerprint density at radius 3 is 1.33 bits per heavy atom. The van der Waals surface area contributed by atoms with Gasteiger partial charge in [0.05, 0.1) is 39.1 Å². The summed E-state index contributed by atoms with van der Waals surface area (Å²) in [7, 11) is 0. The second-order valence-corrected chi connectivity index (χ2v) is 32.0. The fourth-order valence-electron chi connectivity index (χ4n) is 14.7. The number of nitrogens with zero attached hydrogens (tertiary/aromatic N) is 4. The molecule has 0 amide bonds. The van der Waals surface area contributed by atoms with Crippen LogP contribution in [-0.4, -0.2) is 15.8 Å². The topological polar surface area (TPSA) is 16.3 Å². The van der Waals surface area contributed by atoms with Gasteiger partial charge >= 0.3 is 0 Å². The first-order chi connectivity index (χ1) is 40.9. The molecule has 5 heterocycles. The van der Waals surface area contributed by atoms with Crippen LogP contribution in [-0.2, 0) is 32.5 Å². The van der Waals surface area contributed by atoms with Gasteiger partial charge in [-0.1, -0.05) is 210 Å². The zero-order chi connectivity index (χ0) is 61.1. The van der Waals surface area contributed by atoms with E-state index in [1.165, 1.54) is 149 Å². The van der Waals surface area contributed by atoms with E-state index < -0.39 is 0 Å². The summed E-state index contributed by atoms with van der Waals surface area (Å²) in [6, 6.07) is 69.7. The molecule has 4 nitrogen and oxygen atoms in total. The smallest absolute Gasteiger partial charge is 0.252 e. The predicted molar refractivity (Wildman–Crippen MR) is 378 cm³/mol. The molecule has 0 unspecified atom stereocenters. The van der Waals surface area contributed by atoms with Crippen LogP contribution in [0.4, 0.5) is 34.1 Å². The summed E-state index contributed by atoms with van der Waals surface area (Å²) in [6.07, 6.45) is 0. The Kier molecular flexibility index (Phi) is 11.5. The Hall–Kier alpha value is -8.28. The summed E-state index contributed by atoms with van der Waals surface area (Å²) in [5.74, 6) is 0. The molecular formula is C82H83BN4. The first kappa shape index (κ1) is 55.3. The lowest BCUT2D eigenvalue weighted by Gasteiger charge is -2.47. The zero-order valence-electron chi connectivity index (χ0n) is 54.6. The lowest BCUT2D eigenvalue weighted by Crippen LogP contribution is -2.62. The molecule has 10 aromatic carbocycles. The number of hydrogen-bond acceptors (Lipinski definition) is 2. The van der Waals surface area contributed by atoms with Gasteiger partial charge in [0.25, 0.3) is 6.71 Å². The van der Waals surface area contributed by atoms with Crippen molar-refractivity contribution in [3.63, 3.8) is 0 Å². The molecule has 0 atom stereocenters. The standard InChI is InChI=1S/C82H83BN4/c1-77(2,3)50-28-35-66-60(38-50)61-39-51(78(4,5)6)29-36-67(61)85(66)57-33-34-64-69(47-57)84(56-31-26-49(27-32-56)59-25-21-23-48-22-19-20-24-58(48)59)70-43-55(82(16,17)18)44-71-74(70)83(64)65-42-54(81(13,14)15)46-73-76(65)87(71)72-45-53(80(10,11)12)41-63-62-40-52(79(7,8)9)30-37-68(62)86(73)75(63)72/h19-47H,1-18H3. The average molecular weight is 1140 g/mol. The van der Waals surface area contributed by atoms with Crippen molar-refractivity contribution in [2.24, 2.45) is 0 Å². The minimum atomic E-state index is -0.191. The molecule has 3 aliphatic heterocycles. The Morgan fingerprint density at radius 2 is 0.759 bits per heavy atom. The normalized spacial score (nSPS) is 14.3. The number of fused-ring (bicyclic) bond motifs is 13. The van der Waals surface area contributed by atoms with Crippen molar-refractivity contribution >= 4 is 112 Å². The third-order valence-corrected chi connectivity index (χ3v) is 19.9. The van der Waals surface area contributed by atoms with Gasteiger partial charge in [0.15, 0.2) is 0 Å². The van der Waals surface area contributed by atoms with Crippen LogP contribution in [0.1, 0.15) is 158 Å². The van der Waals surface area contributed by atoms with Crippen LogP contribution in [0, 0.1) is 0 Å². The molecular weight excluding hydrogens is 1050 g/mol. The van der Waals surface area contributed by atoms with E-state index in [1.54, 1.807) is 0 Å². The highest BCUT2D eigenvalue weighted by Gasteiger charge is 2.48. The zero-order valence-corrected chi connectivity index (χ0v) is 54.6. The molecule has 0 spiro atoms. The van der Waals surface area contributed by atoms with Gasteiger partial charge in [-0.05, 0) is 195 Å². The highest BCUT2D eigenvalue weighted by Crippen LogP contribution is 2.55. The van der Waals surface area contributed by atoms with E-state index in [4.69, 9.17) is 0 Å². The van der Waals surface area contributed by atoms with E-state index in [1.807, 2.05) is 0 Å². The van der Waals surface area contributed by atoms with E-state index in [2.05, 4.69) is 319 Å². The number of rotatable bonds is 3. The van der Waals surface area contributed by atoms with E-state index in [0.717, 1.165) is 11.4 Å². The molecule has 0 bridgehead atoms. The van der Waals surface area contributed by atoms with Gasteiger partial charge in [0, 0.05) is 50.0 Å². The van der Waals surface area contributed by atoms with Crippen molar-refractivity contribution in [1.82, 2.24) is 9.13 Å². The second-order valence-electron chi connectivity index (χ2n) is 32.0. The monoisotopic (exact) mass is 1130 g/mol. The molecule has 12 aromatic rings. The molecule has 3 aliphatic rings. The molecule has 0 N–H and O–H groups in total. The van der Waals surface area contributed by atoms with Crippen LogP contribution in [0.2, 0.25) is 0 Å². The summed E-state index contributed by atoms with van der Waals surface area (Å²) < 4.78 is 5.22. The van der Waals surface area contributed by atoms with Gasteiger partial charge in [-0.25, -0.2) is 0 Å². The summed E-state index contributed by atoms with van der Waals surface area (Å²) in [5, 5.41) is 7.73. The van der Waals surface area contributed by atoms with Crippen LogP contribution < -0.4 is 26.2 Å². The highest BCUT2D eigenvalue weighted by atomic mass is 15.2. The van der Waals surface area contributed by atoms with Crippen molar-refractivity contribution in [3.8, 4) is 22.5 Å². The Morgan fingerprint density at radius 1 is 0.299 bits per heavy atom. The van der Waals surface area contributed by atoms with Gasteiger partial charge in [0.2, 0.25) is 0 Å². The number of hydrogen-bond donors (Lipinski definition) is 0. The second kappa shape index (κ2) is 18.2. The van der Waals surface area contributed by atoms with Crippen LogP contribution in [0.5, 0.6) is 0 Å². The molecule has 5 heteroatoms. The molecule has 0 saturated heterocycles. The van der Waals surface area contributed by atoms with E-state index in [0.29, 0.717) is 0 Å². The van der Waals surface area contributed by atoms with E-state index in [9.17, 15) is 0 Å². The van der Waals surface area contributed by atoms with Crippen molar-refractivity contribution in [3.05, 3.63) is 209 Å². The Bertz CT molecular complexity index is 4840. The van der Waals surface area contributed by atoms with Gasteiger partial charge in [-0.3, -0.25) is 0 Å². The summed E-state index contributed by atoms with van der Waals surface area (Å²) in [5.41, 5.74) is 28.7. The molecule has 0 saturated carbocycles. The number of anilines is 6. The predicted octanol–water partition coefficient (Wildman–Crippen LogP) is 20.9. The van der Waals surface area contributed by atoms with Crippen LogP contribution in [0.3, 0.4) is 0 Å². The fourth-order valence-corrected chi connectivity index (χ4v) is 14.7. The minimum Gasteiger partial charge on any atom is -0.311 e. The van der Waals surface area contributed by atoms with Gasteiger partial charge in [-0.2, -0.15) is 0 Å². The van der Waals surface area contributed by atoms with Crippen LogP contribution in [0.15, 0.2) is 176 Å².